The van der Waals surface area contributed by atoms with Crippen molar-refractivity contribution in [3.05, 3.63) is 47.5 Å². The first-order chi connectivity index (χ1) is 8.54. The second-order valence-corrected chi connectivity index (χ2v) is 4.30. The number of fused-ring (bicyclic) bond motifs is 1. The third-order valence-electron chi connectivity index (χ3n) is 2.73. The molecule has 4 heteroatoms. The molecule has 2 amide bonds. The first kappa shape index (κ1) is 12.1. The van der Waals surface area contributed by atoms with Crippen LogP contribution >= 0.6 is 0 Å². The maximum atomic E-state index is 10.9. The van der Waals surface area contributed by atoms with E-state index in [-0.39, 0.29) is 24.7 Å². The fraction of sp³-hybridized carbons (Fsp3) is 0.143. The Hall–Kier alpha value is -2.36. The van der Waals surface area contributed by atoms with Gasteiger partial charge in [0.2, 0.25) is 11.8 Å². The molecule has 0 saturated carbocycles. The van der Waals surface area contributed by atoms with Crippen LogP contribution in [0.4, 0.5) is 0 Å². The topological polar surface area (TPSA) is 86.2 Å². The molecule has 0 aliphatic carbocycles. The molecule has 4 nitrogen and oxygen atoms in total. The first-order valence-corrected chi connectivity index (χ1v) is 5.63. The number of benzene rings is 2. The number of nitrogens with two attached hydrogens (primary N) is 2. The average Bonchev–Trinajstić information content (AvgIpc) is 2.27. The van der Waals surface area contributed by atoms with Gasteiger partial charge in [-0.05, 0) is 21.9 Å². The lowest BCUT2D eigenvalue weighted by atomic mass is 10.0. The van der Waals surface area contributed by atoms with Crippen molar-refractivity contribution >= 4 is 22.6 Å². The van der Waals surface area contributed by atoms with E-state index in [4.69, 9.17) is 11.5 Å². The number of carbonyl (C=O) groups is 2. The highest BCUT2D eigenvalue weighted by molar-refractivity contribution is 5.87. The number of hydrogen-bond acceptors (Lipinski definition) is 2. The number of carbonyl (C=O) groups excluding carboxylic acids is 2. The van der Waals surface area contributed by atoms with Gasteiger partial charge in [-0.15, -0.1) is 0 Å². The molecule has 4 N–H and O–H groups in total. The fourth-order valence-electron chi connectivity index (χ4n) is 1.97. The van der Waals surface area contributed by atoms with E-state index in [1.807, 2.05) is 36.4 Å². The lowest BCUT2D eigenvalue weighted by Gasteiger charge is -2.04. The third kappa shape index (κ3) is 2.85. The Bertz CT molecular complexity index is 565. The largest absolute Gasteiger partial charge is 0.369 e. The van der Waals surface area contributed by atoms with Gasteiger partial charge >= 0.3 is 0 Å². The zero-order chi connectivity index (χ0) is 13.1. The number of rotatable bonds is 4. The van der Waals surface area contributed by atoms with Crippen LogP contribution in [0.1, 0.15) is 11.1 Å². The van der Waals surface area contributed by atoms with Crippen molar-refractivity contribution in [2.75, 3.05) is 0 Å². The summed E-state index contributed by atoms with van der Waals surface area (Å²) in [4.78, 5) is 21.7. The Balaban J connectivity index is 2.35. The normalized spacial score (nSPS) is 10.4. The Morgan fingerprint density at radius 3 is 1.50 bits per heavy atom. The van der Waals surface area contributed by atoms with Crippen LogP contribution in [0.25, 0.3) is 10.8 Å². The highest BCUT2D eigenvalue weighted by Crippen LogP contribution is 2.18. The van der Waals surface area contributed by atoms with Gasteiger partial charge in [0.15, 0.2) is 0 Å². The number of amides is 2. The van der Waals surface area contributed by atoms with E-state index in [0.29, 0.717) is 0 Å². The van der Waals surface area contributed by atoms with E-state index in [0.717, 1.165) is 21.9 Å². The standard InChI is InChI=1S/C14H14N2O2/c15-13(17)7-9-1-3-11-6-10(8-14(16)18)2-4-12(11)5-9/h1-6H,7-8H2,(H2,15,17)(H2,16,18). The van der Waals surface area contributed by atoms with Crippen LogP contribution in [0.3, 0.4) is 0 Å². The number of primary amides is 2. The van der Waals surface area contributed by atoms with Crippen LogP contribution in [0.2, 0.25) is 0 Å². The molecule has 2 aromatic carbocycles. The van der Waals surface area contributed by atoms with Crippen molar-refractivity contribution in [2.45, 2.75) is 12.8 Å². The first-order valence-electron chi connectivity index (χ1n) is 5.63. The summed E-state index contributed by atoms with van der Waals surface area (Å²) in [6.07, 6.45) is 0.470. The molecular weight excluding hydrogens is 228 g/mol. The van der Waals surface area contributed by atoms with Crippen LogP contribution in [-0.4, -0.2) is 11.8 Å². The monoisotopic (exact) mass is 242 g/mol. The van der Waals surface area contributed by atoms with Crippen molar-refractivity contribution in [3.63, 3.8) is 0 Å². The van der Waals surface area contributed by atoms with Gasteiger partial charge in [0.25, 0.3) is 0 Å². The molecule has 0 atom stereocenters. The van der Waals surface area contributed by atoms with E-state index in [2.05, 4.69) is 0 Å². The quantitative estimate of drug-likeness (QED) is 0.834. The predicted octanol–water partition coefficient (Wildman–Crippen LogP) is 0.895. The summed E-state index contributed by atoms with van der Waals surface area (Å²) in [6.45, 7) is 0. The van der Waals surface area contributed by atoms with Gasteiger partial charge in [0.1, 0.15) is 0 Å². The van der Waals surface area contributed by atoms with Crippen molar-refractivity contribution in [1.82, 2.24) is 0 Å². The predicted molar refractivity (Wildman–Crippen MR) is 69.7 cm³/mol. The second-order valence-electron chi connectivity index (χ2n) is 4.30. The second kappa shape index (κ2) is 4.87. The minimum atomic E-state index is -0.348. The highest BCUT2D eigenvalue weighted by atomic mass is 16.1. The Labute approximate surface area is 105 Å². The average molecular weight is 242 g/mol. The van der Waals surface area contributed by atoms with Crippen LogP contribution in [0.15, 0.2) is 36.4 Å². The summed E-state index contributed by atoms with van der Waals surface area (Å²) in [5, 5.41) is 2.03. The third-order valence-corrected chi connectivity index (χ3v) is 2.73. The van der Waals surface area contributed by atoms with E-state index < -0.39 is 0 Å². The van der Waals surface area contributed by atoms with Crippen molar-refractivity contribution in [2.24, 2.45) is 11.5 Å². The molecule has 0 fully saturated rings. The van der Waals surface area contributed by atoms with E-state index >= 15 is 0 Å². The van der Waals surface area contributed by atoms with E-state index in [1.54, 1.807) is 0 Å². The van der Waals surface area contributed by atoms with Crippen molar-refractivity contribution in [1.29, 1.82) is 0 Å². The molecule has 0 aliphatic rings. The Kier molecular flexibility index (Phi) is 3.28. The molecule has 18 heavy (non-hydrogen) atoms. The summed E-state index contributed by atoms with van der Waals surface area (Å²) >= 11 is 0. The maximum Gasteiger partial charge on any atom is 0.221 e. The Morgan fingerprint density at radius 1 is 0.778 bits per heavy atom. The summed E-state index contributed by atoms with van der Waals surface area (Å²) in [5.74, 6) is -0.695. The summed E-state index contributed by atoms with van der Waals surface area (Å²) < 4.78 is 0. The van der Waals surface area contributed by atoms with Gasteiger partial charge in [-0.1, -0.05) is 36.4 Å². The lowest BCUT2D eigenvalue weighted by Crippen LogP contribution is -2.13. The fourth-order valence-corrected chi connectivity index (χ4v) is 1.97. The molecule has 0 aromatic heterocycles. The van der Waals surface area contributed by atoms with Gasteiger partial charge < -0.3 is 11.5 Å². The van der Waals surface area contributed by atoms with Gasteiger partial charge in [-0.25, -0.2) is 0 Å². The van der Waals surface area contributed by atoms with E-state index in [9.17, 15) is 9.59 Å². The zero-order valence-corrected chi connectivity index (χ0v) is 9.85. The van der Waals surface area contributed by atoms with Gasteiger partial charge in [-0.3, -0.25) is 9.59 Å². The summed E-state index contributed by atoms with van der Waals surface area (Å²) in [6, 6.07) is 11.4. The molecule has 2 rings (SSSR count). The molecule has 0 unspecified atom stereocenters. The number of hydrogen-bond donors (Lipinski definition) is 2. The van der Waals surface area contributed by atoms with E-state index in [1.165, 1.54) is 0 Å². The van der Waals surface area contributed by atoms with Crippen LogP contribution in [-0.2, 0) is 22.4 Å². The molecule has 0 saturated heterocycles. The molecule has 0 radical (unpaired) electrons. The zero-order valence-electron chi connectivity index (χ0n) is 9.85. The summed E-state index contributed by atoms with van der Waals surface area (Å²) in [5.41, 5.74) is 12.1. The van der Waals surface area contributed by atoms with Gasteiger partial charge in [-0.2, -0.15) is 0 Å². The molecule has 92 valence electrons. The van der Waals surface area contributed by atoms with Crippen LogP contribution < -0.4 is 11.5 Å². The minimum Gasteiger partial charge on any atom is -0.369 e. The molecule has 0 heterocycles. The highest BCUT2D eigenvalue weighted by Gasteiger charge is 2.03. The van der Waals surface area contributed by atoms with Crippen LogP contribution in [0.5, 0.6) is 0 Å². The van der Waals surface area contributed by atoms with Crippen LogP contribution in [0, 0.1) is 0 Å². The molecule has 0 aliphatic heterocycles. The Morgan fingerprint density at radius 2 is 1.17 bits per heavy atom. The molecular formula is C14H14N2O2. The molecule has 0 bridgehead atoms. The van der Waals surface area contributed by atoms with Gasteiger partial charge in [0, 0.05) is 0 Å². The van der Waals surface area contributed by atoms with Gasteiger partial charge in [0.05, 0.1) is 12.8 Å². The molecule has 2 aromatic rings. The minimum absolute atomic E-state index is 0.235. The van der Waals surface area contributed by atoms with Crippen molar-refractivity contribution in [3.8, 4) is 0 Å². The van der Waals surface area contributed by atoms with Crippen molar-refractivity contribution < 1.29 is 9.59 Å². The lowest BCUT2D eigenvalue weighted by molar-refractivity contribution is -0.118. The molecule has 0 spiro atoms. The maximum absolute atomic E-state index is 10.9. The summed E-state index contributed by atoms with van der Waals surface area (Å²) in [7, 11) is 0. The SMILES string of the molecule is NC(=O)Cc1ccc2cc(CC(N)=O)ccc2c1. The smallest absolute Gasteiger partial charge is 0.221 e.